The maximum atomic E-state index is 12.3. The van der Waals surface area contributed by atoms with Crippen LogP contribution < -0.4 is 0 Å². The van der Waals surface area contributed by atoms with Gasteiger partial charge in [0, 0.05) is 18.2 Å². The molecule has 0 saturated heterocycles. The van der Waals surface area contributed by atoms with E-state index in [9.17, 15) is 38.8 Å². The van der Waals surface area contributed by atoms with Crippen molar-refractivity contribution >= 4 is 27.2 Å². The van der Waals surface area contributed by atoms with Gasteiger partial charge in [0.1, 0.15) is 12.2 Å². The summed E-state index contributed by atoms with van der Waals surface area (Å²) in [5, 5.41) is 33.2. The number of nitro benzene ring substituents is 3. The topological polar surface area (TPSA) is 173 Å². The van der Waals surface area contributed by atoms with Crippen LogP contribution in [0.2, 0.25) is 0 Å². The second-order valence-corrected chi connectivity index (χ2v) is 6.82. The maximum Gasteiger partial charge on any atom is 0.304 e. The fourth-order valence-corrected chi connectivity index (χ4v) is 3.26. The lowest BCUT2D eigenvalue weighted by Crippen LogP contribution is -2.11. The van der Waals surface area contributed by atoms with E-state index >= 15 is 0 Å². The first-order valence-corrected chi connectivity index (χ1v) is 8.50. The Morgan fingerprint density at radius 3 is 1.89 bits per heavy atom. The zero-order valence-corrected chi connectivity index (χ0v) is 14.4. The number of rotatable bonds is 7. The van der Waals surface area contributed by atoms with Crippen LogP contribution in [0, 0.1) is 37.3 Å². The molecule has 13 heteroatoms. The molecular weight excluding hydrogens is 386 g/mol. The van der Waals surface area contributed by atoms with Crippen LogP contribution in [0.1, 0.15) is 11.1 Å². The standard InChI is InChI=1S/C14H11N3O9S/c1-9-5-6-14(13(7-9)17(22)23)27(24,25)26-8-10-11(15(18)19)3-2-4-12(10)16(20)21/h2-7H,8H2,1H3. The summed E-state index contributed by atoms with van der Waals surface area (Å²) < 4.78 is 29.3. The third-order valence-corrected chi connectivity index (χ3v) is 4.77. The summed E-state index contributed by atoms with van der Waals surface area (Å²) in [7, 11) is -4.72. The molecule has 0 heterocycles. The molecule has 2 aromatic carbocycles. The number of aryl methyl sites for hydroxylation is 1. The largest absolute Gasteiger partial charge is 0.304 e. The summed E-state index contributed by atoms with van der Waals surface area (Å²) in [5.74, 6) is 0. The molecule has 0 atom stereocenters. The lowest BCUT2D eigenvalue weighted by atomic mass is 10.1. The molecule has 0 unspecified atom stereocenters. The third-order valence-electron chi connectivity index (χ3n) is 3.46. The molecule has 2 rings (SSSR count). The average Bonchev–Trinajstić information content (AvgIpc) is 2.59. The molecule has 0 aliphatic heterocycles. The van der Waals surface area contributed by atoms with Crippen LogP contribution in [0.5, 0.6) is 0 Å². The van der Waals surface area contributed by atoms with Crippen molar-refractivity contribution < 1.29 is 27.4 Å². The number of nitro groups is 3. The van der Waals surface area contributed by atoms with Crippen molar-refractivity contribution in [1.82, 2.24) is 0 Å². The van der Waals surface area contributed by atoms with Crippen LogP contribution in [-0.4, -0.2) is 23.2 Å². The van der Waals surface area contributed by atoms with Gasteiger partial charge in [-0.25, -0.2) is 0 Å². The Bertz CT molecular complexity index is 1020. The Balaban J connectivity index is 2.47. The third kappa shape index (κ3) is 4.21. The van der Waals surface area contributed by atoms with Gasteiger partial charge >= 0.3 is 10.1 Å². The molecule has 0 spiro atoms. The summed E-state index contributed by atoms with van der Waals surface area (Å²) in [6.45, 7) is 0.474. The molecule has 0 aliphatic carbocycles. The van der Waals surface area contributed by atoms with E-state index in [2.05, 4.69) is 4.18 Å². The Labute approximate surface area is 151 Å². The molecule has 2 aromatic rings. The van der Waals surface area contributed by atoms with E-state index in [1.807, 2.05) is 0 Å². The van der Waals surface area contributed by atoms with Crippen LogP contribution in [-0.2, 0) is 20.9 Å². The molecule has 0 N–H and O–H groups in total. The lowest BCUT2D eigenvalue weighted by Gasteiger charge is -2.08. The normalized spacial score (nSPS) is 11.1. The summed E-state index contributed by atoms with van der Waals surface area (Å²) in [4.78, 5) is 29.7. The fourth-order valence-electron chi connectivity index (χ4n) is 2.23. The van der Waals surface area contributed by atoms with Crippen molar-refractivity contribution in [2.75, 3.05) is 0 Å². The minimum atomic E-state index is -4.72. The van der Waals surface area contributed by atoms with Gasteiger partial charge in [0.05, 0.1) is 14.8 Å². The highest BCUT2D eigenvalue weighted by atomic mass is 32.2. The first kappa shape index (κ1) is 19.9. The zero-order chi connectivity index (χ0) is 20.4. The molecule has 0 saturated carbocycles. The first-order valence-electron chi connectivity index (χ1n) is 7.09. The van der Waals surface area contributed by atoms with Crippen LogP contribution in [0.25, 0.3) is 0 Å². The minimum absolute atomic E-state index is 0.426. The van der Waals surface area contributed by atoms with Crippen LogP contribution >= 0.6 is 0 Å². The second kappa shape index (κ2) is 7.43. The molecule has 12 nitrogen and oxygen atoms in total. The summed E-state index contributed by atoms with van der Waals surface area (Å²) >= 11 is 0. The van der Waals surface area contributed by atoms with Crippen molar-refractivity contribution in [2.45, 2.75) is 18.4 Å². The predicted octanol–water partition coefficient (Wildman–Crippen LogP) is 2.63. The molecule has 0 aliphatic rings. The number of hydrogen-bond donors (Lipinski definition) is 0. The summed E-state index contributed by atoms with van der Waals surface area (Å²) in [5.41, 5.74) is -2.32. The second-order valence-electron chi connectivity index (χ2n) is 5.23. The summed E-state index contributed by atoms with van der Waals surface area (Å²) in [6.07, 6.45) is 0. The molecular formula is C14H11N3O9S. The predicted molar refractivity (Wildman–Crippen MR) is 89.6 cm³/mol. The summed E-state index contributed by atoms with van der Waals surface area (Å²) in [6, 6.07) is 6.25. The van der Waals surface area contributed by atoms with E-state index in [1.165, 1.54) is 13.0 Å². The van der Waals surface area contributed by atoms with Crippen molar-refractivity contribution in [3.8, 4) is 0 Å². The maximum absolute atomic E-state index is 12.3. The Morgan fingerprint density at radius 1 is 0.889 bits per heavy atom. The quantitative estimate of drug-likeness (QED) is 0.386. The van der Waals surface area contributed by atoms with E-state index in [4.69, 9.17) is 0 Å². The Hall–Kier alpha value is -3.45. The highest BCUT2D eigenvalue weighted by molar-refractivity contribution is 7.86. The van der Waals surface area contributed by atoms with Crippen molar-refractivity contribution in [2.24, 2.45) is 0 Å². The monoisotopic (exact) mass is 397 g/mol. The van der Waals surface area contributed by atoms with Gasteiger partial charge in [-0.05, 0) is 24.6 Å². The number of nitrogens with zero attached hydrogens (tertiary/aromatic N) is 3. The van der Waals surface area contributed by atoms with Crippen molar-refractivity contribution in [1.29, 1.82) is 0 Å². The lowest BCUT2D eigenvalue weighted by molar-refractivity contribution is -0.396. The highest BCUT2D eigenvalue weighted by Gasteiger charge is 2.30. The van der Waals surface area contributed by atoms with E-state index in [1.54, 1.807) is 0 Å². The zero-order valence-electron chi connectivity index (χ0n) is 13.6. The van der Waals surface area contributed by atoms with Crippen LogP contribution in [0.4, 0.5) is 17.1 Å². The molecule has 27 heavy (non-hydrogen) atoms. The molecule has 0 radical (unpaired) electrons. The minimum Gasteiger partial charge on any atom is -0.261 e. The van der Waals surface area contributed by atoms with Gasteiger partial charge in [-0.2, -0.15) is 8.42 Å². The van der Waals surface area contributed by atoms with E-state index in [0.717, 1.165) is 30.3 Å². The van der Waals surface area contributed by atoms with Crippen molar-refractivity contribution in [3.05, 3.63) is 77.9 Å². The molecule has 0 bridgehead atoms. The SMILES string of the molecule is Cc1ccc(S(=O)(=O)OCc2c([N+](=O)[O-])cccc2[N+](=O)[O-])c([N+](=O)[O-])c1. The number of benzene rings is 2. The van der Waals surface area contributed by atoms with E-state index in [-0.39, 0.29) is 0 Å². The van der Waals surface area contributed by atoms with Gasteiger partial charge in [-0.15, -0.1) is 0 Å². The fraction of sp³-hybridized carbons (Fsp3) is 0.143. The molecule has 142 valence electrons. The van der Waals surface area contributed by atoms with Gasteiger partial charge in [0.2, 0.25) is 0 Å². The smallest absolute Gasteiger partial charge is 0.261 e. The van der Waals surface area contributed by atoms with Crippen molar-refractivity contribution in [3.63, 3.8) is 0 Å². The molecule has 0 aromatic heterocycles. The van der Waals surface area contributed by atoms with Gasteiger partial charge in [-0.3, -0.25) is 34.5 Å². The van der Waals surface area contributed by atoms with Gasteiger partial charge in [-0.1, -0.05) is 6.07 Å². The highest BCUT2D eigenvalue weighted by Crippen LogP contribution is 2.31. The average molecular weight is 397 g/mol. The Morgan fingerprint density at radius 2 is 1.41 bits per heavy atom. The first-order chi connectivity index (χ1) is 12.5. The van der Waals surface area contributed by atoms with E-state index < -0.39 is 59.0 Å². The van der Waals surface area contributed by atoms with Gasteiger partial charge in [0.15, 0.2) is 4.90 Å². The van der Waals surface area contributed by atoms with Crippen LogP contribution in [0.15, 0.2) is 41.3 Å². The molecule has 0 amide bonds. The Kier molecular flexibility index (Phi) is 5.47. The van der Waals surface area contributed by atoms with Gasteiger partial charge in [0.25, 0.3) is 17.1 Å². The molecule has 0 fully saturated rings. The number of hydrogen-bond acceptors (Lipinski definition) is 9. The van der Waals surface area contributed by atoms with Crippen LogP contribution in [0.3, 0.4) is 0 Å². The van der Waals surface area contributed by atoms with E-state index in [0.29, 0.717) is 5.56 Å². The van der Waals surface area contributed by atoms with Gasteiger partial charge < -0.3 is 0 Å².